The van der Waals surface area contributed by atoms with Crippen LogP contribution in [0.1, 0.15) is 33.1 Å². The van der Waals surface area contributed by atoms with Gasteiger partial charge in [0, 0.05) is 12.8 Å². The van der Waals surface area contributed by atoms with Gasteiger partial charge in [0.2, 0.25) is 0 Å². The normalized spacial score (nSPS) is 11.5. The van der Waals surface area contributed by atoms with Gasteiger partial charge in [0.25, 0.3) is 0 Å². The van der Waals surface area contributed by atoms with Crippen molar-refractivity contribution in [3.63, 3.8) is 0 Å². The van der Waals surface area contributed by atoms with Crippen molar-refractivity contribution in [2.24, 2.45) is 5.92 Å². The lowest BCUT2D eigenvalue weighted by Crippen LogP contribution is -2.22. The van der Waals surface area contributed by atoms with Gasteiger partial charge in [-0.3, -0.25) is 19.2 Å². The van der Waals surface area contributed by atoms with E-state index in [2.05, 4.69) is 9.47 Å². The van der Waals surface area contributed by atoms with Gasteiger partial charge in [0.1, 0.15) is 0 Å². The van der Waals surface area contributed by atoms with Crippen molar-refractivity contribution in [2.75, 3.05) is 13.7 Å². The number of ketones is 2. The summed E-state index contributed by atoms with van der Waals surface area (Å²) in [6, 6.07) is 0. The van der Waals surface area contributed by atoms with E-state index in [1.165, 1.54) is 14.0 Å². The molecule has 0 aliphatic heterocycles. The number of rotatable bonds is 8. The molecule has 1 atom stereocenters. The zero-order chi connectivity index (χ0) is 14.1. The van der Waals surface area contributed by atoms with Crippen molar-refractivity contribution < 1.29 is 28.7 Å². The van der Waals surface area contributed by atoms with Gasteiger partial charge in [-0.1, -0.05) is 6.92 Å². The molecular formula is C12H18O6. The maximum atomic E-state index is 11.4. The van der Waals surface area contributed by atoms with Crippen LogP contribution in [0.25, 0.3) is 0 Å². The Morgan fingerprint density at radius 3 is 2.17 bits per heavy atom. The van der Waals surface area contributed by atoms with E-state index in [0.717, 1.165) is 0 Å². The molecule has 0 saturated carbocycles. The highest BCUT2D eigenvalue weighted by Gasteiger charge is 2.22. The first-order chi connectivity index (χ1) is 8.42. The largest absolute Gasteiger partial charge is 0.469 e. The Hall–Kier alpha value is -1.72. The maximum absolute atomic E-state index is 11.4. The Labute approximate surface area is 106 Å². The standard InChI is InChI=1S/C12H18O6/c1-4-18-11(15)6-5-9(13)10(14)7-8(2)12(16)17-3/h8H,4-7H2,1-3H3. The van der Waals surface area contributed by atoms with Crippen molar-refractivity contribution in [1.82, 2.24) is 0 Å². The second-order valence-electron chi connectivity index (χ2n) is 3.78. The summed E-state index contributed by atoms with van der Waals surface area (Å²) in [6.45, 7) is 3.39. The summed E-state index contributed by atoms with van der Waals surface area (Å²) in [7, 11) is 1.21. The second kappa shape index (κ2) is 8.38. The van der Waals surface area contributed by atoms with Gasteiger partial charge in [0.05, 0.1) is 26.1 Å². The van der Waals surface area contributed by atoms with Crippen LogP contribution in [-0.2, 0) is 28.7 Å². The molecule has 0 aromatic rings. The van der Waals surface area contributed by atoms with Crippen molar-refractivity contribution in [1.29, 1.82) is 0 Å². The zero-order valence-electron chi connectivity index (χ0n) is 10.9. The fourth-order valence-corrected chi connectivity index (χ4v) is 1.26. The monoisotopic (exact) mass is 258 g/mol. The minimum Gasteiger partial charge on any atom is -0.469 e. The number of esters is 2. The molecule has 6 nitrogen and oxygen atoms in total. The van der Waals surface area contributed by atoms with E-state index in [0.29, 0.717) is 0 Å². The minimum atomic E-state index is -0.669. The van der Waals surface area contributed by atoms with Crippen LogP contribution in [0.15, 0.2) is 0 Å². The highest BCUT2D eigenvalue weighted by atomic mass is 16.5. The summed E-state index contributed by atoms with van der Waals surface area (Å²) in [4.78, 5) is 44.9. The van der Waals surface area contributed by atoms with Gasteiger partial charge in [-0.15, -0.1) is 0 Å². The second-order valence-corrected chi connectivity index (χ2v) is 3.78. The molecule has 18 heavy (non-hydrogen) atoms. The summed E-state index contributed by atoms with van der Waals surface area (Å²) < 4.78 is 9.08. The molecule has 1 unspecified atom stereocenters. The summed E-state index contributed by atoms with van der Waals surface area (Å²) >= 11 is 0. The van der Waals surface area contributed by atoms with Gasteiger partial charge < -0.3 is 9.47 Å². The van der Waals surface area contributed by atoms with E-state index in [9.17, 15) is 19.2 Å². The lowest BCUT2D eigenvalue weighted by Gasteiger charge is -2.07. The number of hydrogen-bond acceptors (Lipinski definition) is 6. The fourth-order valence-electron chi connectivity index (χ4n) is 1.26. The van der Waals surface area contributed by atoms with Crippen molar-refractivity contribution in [3.05, 3.63) is 0 Å². The molecule has 0 amide bonds. The van der Waals surface area contributed by atoms with E-state index in [1.54, 1.807) is 6.92 Å². The van der Waals surface area contributed by atoms with Crippen LogP contribution in [0.3, 0.4) is 0 Å². The molecule has 0 aliphatic carbocycles. The molecule has 0 radical (unpaired) electrons. The first-order valence-electron chi connectivity index (χ1n) is 5.71. The first kappa shape index (κ1) is 16.3. The third-order valence-electron chi connectivity index (χ3n) is 2.27. The Kier molecular flexibility index (Phi) is 7.58. The Balaban J connectivity index is 4.08. The SMILES string of the molecule is CCOC(=O)CCC(=O)C(=O)CC(C)C(=O)OC. The van der Waals surface area contributed by atoms with Gasteiger partial charge in [0.15, 0.2) is 11.6 Å². The third-order valence-corrected chi connectivity index (χ3v) is 2.27. The number of ether oxygens (including phenoxy) is 2. The lowest BCUT2D eigenvalue weighted by molar-refractivity contribution is -0.148. The van der Waals surface area contributed by atoms with Crippen LogP contribution in [0.2, 0.25) is 0 Å². The van der Waals surface area contributed by atoms with Crippen LogP contribution in [0.5, 0.6) is 0 Å². The van der Waals surface area contributed by atoms with E-state index < -0.39 is 29.4 Å². The van der Waals surface area contributed by atoms with Gasteiger partial charge >= 0.3 is 11.9 Å². The lowest BCUT2D eigenvalue weighted by atomic mass is 10.0. The number of Topliss-reactive ketones (excluding diaryl/α,β-unsaturated/α-hetero) is 2. The molecule has 0 aromatic carbocycles. The number of methoxy groups -OCH3 is 1. The van der Waals surface area contributed by atoms with Gasteiger partial charge in [-0.2, -0.15) is 0 Å². The number of carbonyl (C=O) groups is 4. The Bertz CT molecular complexity index is 333. The topological polar surface area (TPSA) is 86.7 Å². The molecule has 0 rings (SSSR count). The number of carbonyl (C=O) groups excluding carboxylic acids is 4. The smallest absolute Gasteiger partial charge is 0.308 e. The molecule has 0 aromatic heterocycles. The highest BCUT2D eigenvalue weighted by Crippen LogP contribution is 2.07. The fraction of sp³-hybridized carbons (Fsp3) is 0.667. The van der Waals surface area contributed by atoms with Crippen LogP contribution in [0, 0.1) is 5.92 Å². The minimum absolute atomic E-state index is 0.120. The van der Waals surface area contributed by atoms with Gasteiger partial charge in [-0.25, -0.2) is 0 Å². The average Bonchev–Trinajstić information content (AvgIpc) is 2.34. The number of hydrogen-bond donors (Lipinski definition) is 0. The molecule has 0 spiro atoms. The molecule has 102 valence electrons. The molecule has 0 aliphatic rings. The third kappa shape index (κ3) is 6.12. The summed E-state index contributed by atoms with van der Waals surface area (Å²) in [6.07, 6.45) is -0.509. The summed E-state index contributed by atoms with van der Waals surface area (Å²) in [5.74, 6) is -3.05. The van der Waals surface area contributed by atoms with Crippen LogP contribution in [0.4, 0.5) is 0 Å². The molecule has 0 bridgehead atoms. The highest BCUT2D eigenvalue weighted by molar-refractivity contribution is 6.37. The van der Waals surface area contributed by atoms with Crippen molar-refractivity contribution in [3.8, 4) is 0 Å². The molecule has 0 saturated heterocycles. The van der Waals surface area contributed by atoms with E-state index in [4.69, 9.17) is 0 Å². The average molecular weight is 258 g/mol. The Morgan fingerprint density at radius 2 is 1.67 bits per heavy atom. The molecular weight excluding hydrogens is 240 g/mol. The van der Waals surface area contributed by atoms with Crippen LogP contribution < -0.4 is 0 Å². The predicted molar refractivity (Wildman–Crippen MR) is 61.7 cm³/mol. The van der Waals surface area contributed by atoms with Crippen LogP contribution >= 0.6 is 0 Å². The zero-order valence-corrected chi connectivity index (χ0v) is 10.9. The Morgan fingerprint density at radius 1 is 1.06 bits per heavy atom. The predicted octanol–water partition coefficient (Wildman–Crippen LogP) is 0.667. The summed E-state index contributed by atoms with van der Waals surface area (Å²) in [5.41, 5.74) is 0. The first-order valence-corrected chi connectivity index (χ1v) is 5.71. The molecule has 6 heteroatoms. The maximum Gasteiger partial charge on any atom is 0.308 e. The van der Waals surface area contributed by atoms with Crippen molar-refractivity contribution in [2.45, 2.75) is 33.1 Å². The summed E-state index contributed by atoms with van der Waals surface area (Å²) in [5, 5.41) is 0. The van der Waals surface area contributed by atoms with E-state index in [-0.39, 0.29) is 25.9 Å². The molecule has 0 fully saturated rings. The quantitative estimate of drug-likeness (QED) is 0.469. The van der Waals surface area contributed by atoms with Crippen molar-refractivity contribution >= 4 is 23.5 Å². The van der Waals surface area contributed by atoms with E-state index in [1.807, 2.05) is 0 Å². The van der Waals surface area contributed by atoms with E-state index >= 15 is 0 Å². The molecule has 0 N–H and O–H groups in total. The van der Waals surface area contributed by atoms with Crippen LogP contribution in [-0.4, -0.2) is 37.2 Å². The van der Waals surface area contributed by atoms with Gasteiger partial charge in [-0.05, 0) is 6.92 Å². The molecule has 0 heterocycles.